The van der Waals surface area contributed by atoms with E-state index in [-0.39, 0.29) is 11.4 Å². The Balaban J connectivity index is 1.98. The van der Waals surface area contributed by atoms with Crippen LogP contribution in [0.2, 0.25) is 0 Å². The van der Waals surface area contributed by atoms with E-state index in [1.54, 1.807) is 18.9 Å². The number of benzene rings is 1. The van der Waals surface area contributed by atoms with Gasteiger partial charge in [0.25, 0.3) is 0 Å². The van der Waals surface area contributed by atoms with Crippen LogP contribution in [0.15, 0.2) is 29.2 Å². The fourth-order valence-corrected chi connectivity index (χ4v) is 2.51. The molecule has 1 saturated heterocycles. The summed E-state index contributed by atoms with van der Waals surface area (Å²) in [4.78, 5) is 1.13. The van der Waals surface area contributed by atoms with Crippen molar-refractivity contribution >= 4 is 11.8 Å². The van der Waals surface area contributed by atoms with E-state index < -0.39 is 0 Å². The lowest BCUT2D eigenvalue weighted by atomic mass is 10.3. The molecule has 1 fully saturated rings. The second-order valence-electron chi connectivity index (χ2n) is 3.44. The average molecular weight is 226 g/mol. The molecule has 1 aromatic carbocycles. The minimum absolute atomic E-state index is 0.151. The largest absolute Gasteiger partial charge is 0.497 e. The van der Waals surface area contributed by atoms with Gasteiger partial charge in [-0.15, -0.1) is 11.8 Å². The quantitative estimate of drug-likeness (QED) is 0.848. The molecule has 1 aliphatic rings. The first-order chi connectivity index (χ1) is 7.29. The van der Waals surface area contributed by atoms with Crippen molar-refractivity contribution in [3.8, 4) is 5.75 Å². The predicted molar refractivity (Wildman–Crippen MR) is 59.5 cm³/mol. The van der Waals surface area contributed by atoms with Gasteiger partial charge in [-0.3, -0.25) is 0 Å². The second kappa shape index (κ2) is 4.88. The van der Waals surface area contributed by atoms with Gasteiger partial charge in [0.1, 0.15) is 5.75 Å². The van der Waals surface area contributed by atoms with Gasteiger partial charge >= 0.3 is 0 Å². The van der Waals surface area contributed by atoms with E-state index in [1.807, 2.05) is 24.3 Å². The minimum Gasteiger partial charge on any atom is -0.497 e. The van der Waals surface area contributed by atoms with Crippen molar-refractivity contribution in [1.29, 1.82) is 0 Å². The highest BCUT2D eigenvalue weighted by Gasteiger charge is 2.26. The number of hydrogen-bond donors (Lipinski definition) is 1. The van der Waals surface area contributed by atoms with Gasteiger partial charge in [0.05, 0.1) is 31.7 Å². The molecule has 0 aromatic heterocycles. The van der Waals surface area contributed by atoms with Gasteiger partial charge in [-0.05, 0) is 24.3 Å². The maximum absolute atomic E-state index is 9.58. The third kappa shape index (κ3) is 2.65. The molecule has 1 heterocycles. The second-order valence-corrected chi connectivity index (χ2v) is 4.75. The topological polar surface area (TPSA) is 38.7 Å². The summed E-state index contributed by atoms with van der Waals surface area (Å²) in [5.41, 5.74) is 0. The molecular formula is C11H14O3S. The molecule has 3 nitrogen and oxygen atoms in total. The summed E-state index contributed by atoms with van der Waals surface area (Å²) >= 11 is 1.65. The molecule has 82 valence electrons. The van der Waals surface area contributed by atoms with Crippen LogP contribution in [-0.4, -0.2) is 36.8 Å². The summed E-state index contributed by atoms with van der Waals surface area (Å²) in [6, 6.07) is 7.83. The average Bonchev–Trinajstić information content (AvgIpc) is 2.66. The smallest absolute Gasteiger partial charge is 0.118 e. The van der Waals surface area contributed by atoms with Crippen molar-refractivity contribution in [3.05, 3.63) is 24.3 Å². The lowest BCUT2D eigenvalue weighted by Crippen LogP contribution is -2.19. The summed E-state index contributed by atoms with van der Waals surface area (Å²) in [7, 11) is 1.65. The summed E-state index contributed by atoms with van der Waals surface area (Å²) < 4.78 is 10.3. The first kappa shape index (κ1) is 10.8. The number of aliphatic hydroxyl groups excluding tert-OH is 1. The zero-order chi connectivity index (χ0) is 10.7. The van der Waals surface area contributed by atoms with E-state index in [1.165, 1.54) is 0 Å². The van der Waals surface area contributed by atoms with Crippen LogP contribution in [0.3, 0.4) is 0 Å². The Morgan fingerprint density at radius 1 is 1.33 bits per heavy atom. The molecular weight excluding hydrogens is 212 g/mol. The molecule has 4 heteroatoms. The van der Waals surface area contributed by atoms with Crippen LogP contribution in [0.4, 0.5) is 0 Å². The molecule has 1 N–H and O–H groups in total. The van der Waals surface area contributed by atoms with Crippen LogP contribution in [-0.2, 0) is 4.74 Å². The standard InChI is InChI=1S/C11H14O3S/c1-13-8-2-4-9(5-3-8)15-11-7-14-6-10(11)12/h2-5,10-12H,6-7H2,1H3/t10-,11-/m1/s1. The number of rotatable bonds is 3. The van der Waals surface area contributed by atoms with E-state index in [2.05, 4.69) is 0 Å². The monoisotopic (exact) mass is 226 g/mol. The zero-order valence-corrected chi connectivity index (χ0v) is 9.37. The normalized spacial score (nSPS) is 25.5. The Labute approximate surface area is 93.4 Å². The molecule has 15 heavy (non-hydrogen) atoms. The molecule has 0 amide bonds. The molecule has 0 radical (unpaired) electrons. The summed E-state index contributed by atoms with van der Waals surface area (Å²) in [5, 5.41) is 9.73. The number of methoxy groups -OCH3 is 1. The molecule has 0 unspecified atom stereocenters. The van der Waals surface area contributed by atoms with Gasteiger partial charge < -0.3 is 14.6 Å². The van der Waals surface area contributed by atoms with Crippen LogP contribution in [0.1, 0.15) is 0 Å². The maximum Gasteiger partial charge on any atom is 0.118 e. The fourth-order valence-electron chi connectivity index (χ4n) is 1.46. The molecule has 0 saturated carbocycles. The van der Waals surface area contributed by atoms with Crippen molar-refractivity contribution in [1.82, 2.24) is 0 Å². The van der Waals surface area contributed by atoms with E-state index in [9.17, 15) is 5.11 Å². The SMILES string of the molecule is COc1ccc(S[C@@H]2COC[C@H]2O)cc1. The summed E-state index contributed by atoms with van der Waals surface area (Å²) in [5.74, 6) is 0.850. The van der Waals surface area contributed by atoms with Gasteiger partial charge in [-0.2, -0.15) is 0 Å². The van der Waals surface area contributed by atoms with E-state index >= 15 is 0 Å². The Bertz CT molecular complexity index is 312. The van der Waals surface area contributed by atoms with Gasteiger partial charge in [0.15, 0.2) is 0 Å². The van der Waals surface area contributed by atoms with Gasteiger partial charge in [0.2, 0.25) is 0 Å². The van der Waals surface area contributed by atoms with Gasteiger partial charge in [-0.1, -0.05) is 0 Å². The number of aliphatic hydroxyl groups is 1. The van der Waals surface area contributed by atoms with Crippen molar-refractivity contribution in [2.45, 2.75) is 16.2 Å². The number of hydrogen-bond acceptors (Lipinski definition) is 4. The number of thioether (sulfide) groups is 1. The van der Waals surface area contributed by atoms with Crippen LogP contribution in [0, 0.1) is 0 Å². The van der Waals surface area contributed by atoms with E-state index in [4.69, 9.17) is 9.47 Å². The molecule has 2 rings (SSSR count). The molecule has 0 bridgehead atoms. The van der Waals surface area contributed by atoms with Gasteiger partial charge in [0, 0.05) is 4.90 Å². The first-order valence-corrected chi connectivity index (χ1v) is 5.74. The highest BCUT2D eigenvalue weighted by molar-refractivity contribution is 8.00. The third-order valence-electron chi connectivity index (χ3n) is 2.35. The zero-order valence-electron chi connectivity index (χ0n) is 8.55. The van der Waals surface area contributed by atoms with Crippen molar-refractivity contribution in [2.24, 2.45) is 0 Å². The number of ether oxygens (including phenoxy) is 2. The Morgan fingerprint density at radius 2 is 2.07 bits per heavy atom. The highest BCUT2D eigenvalue weighted by atomic mass is 32.2. The third-order valence-corrected chi connectivity index (χ3v) is 3.64. The van der Waals surface area contributed by atoms with Crippen LogP contribution in [0.25, 0.3) is 0 Å². The molecule has 1 aromatic rings. The Kier molecular flexibility index (Phi) is 3.51. The van der Waals surface area contributed by atoms with Gasteiger partial charge in [-0.25, -0.2) is 0 Å². The Morgan fingerprint density at radius 3 is 2.60 bits per heavy atom. The van der Waals surface area contributed by atoms with Crippen molar-refractivity contribution in [2.75, 3.05) is 20.3 Å². The van der Waals surface area contributed by atoms with E-state index in [0.29, 0.717) is 13.2 Å². The predicted octanol–water partition coefficient (Wildman–Crippen LogP) is 1.55. The van der Waals surface area contributed by atoms with Crippen LogP contribution >= 0.6 is 11.8 Å². The van der Waals surface area contributed by atoms with E-state index in [0.717, 1.165) is 10.6 Å². The fraction of sp³-hybridized carbons (Fsp3) is 0.455. The van der Waals surface area contributed by atoms with Crippen LogP contribution < -0.4 is 4.74 Å². The molecule has 0 spiro atoms. The first-order valence-electron chi connectivity index (χ1n) is 4.86. The molecule has 1 aliphatic heterocycles. The molecule has 0 aliphatic carbocycles. The van der Waals surface area contributed by atoms with Crippen molar-refractivity contribution < 1.29 is 14.6 Å². The maximum atomic E-state index is 9.58. The highest BCUT2D eigenvalue weighted by Crippen LogP contribution is 2.29. The Hall–Kier alpha value is -0.710. The lowest BCUT2D eigenvalue weighted by Gasteiger charge is -2.11. The lowest BCUT2D eigenvalue weighted by molar-refractivity contribution is 0.127. The summed E-state index contributed by atoms with van der Waals surface area (Å²) in [6.07, 6.45) is -0.350. The molecule has 2 atom stereocenters. The summed E-state index contributed by atoms with van der Waals surface area (Å²) in [6.45, 7) is 1.08. The van der Waals surface area contributed by atoms with Crippen molar-refractivity contribution in [3.63, 3.8) is 0 Å². The minimum atomic E-state index is -0.350. The van der Waals surface area contributed by atoms with Crippen LogP contribution in [0.5, 0.6) is 5.75 Å².